The van der Waals surface area contributed by atoms with Crippen LogP contribution < -0.4 is 0 Å². The first-order valence-corrected chi connectivity index (χ1v) is 11.1. The molecule has 5 heteroatoms. The van der Waals surface area contributed by atoms with Crippen molar-refractivity contribution in [1.82, 2.24) is 4.98 Å². The maximum atomic E-state index is 14.7. The lowest BCUT2D eigenvalue weighted by atomic mass is 9.95. The zero-order chi connectivity index (χ0) is 23.4. The fourth-order valence-corrected chi connectivity index (χ4v) is 3.90. The van der Waals surface area contributed by atoms with E-state index in [2.05, 4.69) is 0 Å². The summed E-state index contributed by atoms with van der Waals surface area (Å²) in [7, 11) is 0. The highest BCUT2D eigenvalue weighted by molar-refractivity contribution is 5.92. The van der Waals surface area contributed by atoms with Gasteiger partial charge in [0, 0.05) is 34.9 Å². The third-order valence-electron chi connectivity index (χ3n) is 5.79. The Balaban J connectivity index is 1.75. The van der Waals surface area contributed by atoms with Crippen molar-refractivity contribution in [3.05, 3.63) is 90.0 Å². The maximum Gasteiger partial charge on any atom is 0.137 e. The molecular formula is C28H25F2NO2. The van der Waals surface area contributed by atoms with E-state index in [-0.39, 0.29) is 23.8 Å². The Hall–Kier alpha value is -3.44. The monoisotopic (exact) mass is 445 g/mol. The number of halogens is 2. The topological polar surface area (TPSA) is 50.2 Å². The van der Waals surface area contributed by atoms with E-state index in [4.69, 9.17) is 4.98 Å². The first-order valence-electron chi connectivity index (χ1n) is 11.1. The number of aliphatic hydroxyl groups excluding tert-OH is 1. The molecule has 0 saturated carbocycles. The summed E-state index contributed by atoms with van der Waals surface area (Å²) < 4.78 is 28.2. The van der Waals surface area contributed by atoms with Crippen LogP contribution in [0.2, 0.25) is 0 Å². The molecule has 1 N–H and O–H groups in total. The number of benzene rings is 3. The summed E-state index contributed by atoms with van der Waals surface area (Å²) in [5, 5.41) is 10.5. The molecular weight excluding hydrogens is 420 g/mol. The SMILES string of the molecule is CCC(O)CCC(=O)Cc1ccc2nc(-c3ccc(F)cc3)c(-c3ccccc3F)cc2c1. The molecule has 0 spiro atoms. The van der Waals surface area contributed by atoms with Gasteiger partial charge in [0.15, 0.2) is 0 Å². The average molecular weight is 446 g/mol. The van der Waals surface area contributed by atoms with Crippen molar-refractivity contribution in [2.45, 2.75) is 38.7 Å². The minimum atomic E-state index is -0.456. The van der Waals surface area contributed by atoms with E-state index in [1.807, 2.05) is 31.2 Å². The van der Waals surface area contributed by atoms with Crippen molar-refractivity contribution in [3.63, 3.8) is 0 Å². The van der Waals surface area contributed by atoms with Gasteiger partial charge in [-0.05, 0) is 66.9 Å². The molecule has 3 aromatic carbocycles. The molecule has 0 aliphatic rings. The van der Waals surface area contributed by atoms with Crippen LogP contribution in [0, 0.1) is 11.6 Å². The normalized spacial score (nSPS) is 12.1. The summed E-state index contributed by atoms with van der Waals surface area (Å²) in [5.41, 5.74) is 3.79. The van der Waals surface area contributed by atoms with E-state index >= 15 is 0 Å². The predicted molar refractivity (Wildman–Crippen MR) is 127 cm³/mol. The van der Waals surface area contributed by atoms with Crippen LogP contribution in [0.1, 0.15) is 31.7 Å². The smallest absolute Gasteiger partial charge is 0.137 e. The molecule has 1 atom stereocenters. The van der Waals surface area contributed by atoms with E-state index < -0.39 is 6.10 Å². The van der Waals surface area contributed by atoms with Crippen LogP contribution in [0.5, 0.6) is 0 Å². The number of carbonyl (C=O) groups is 1. The molecule has 4 rings (SSSR count). The Morgan fingerprint density at radius 1 is 0.970 bits per heavy atom. The second kappa shape index (κ2) is 10.0. The third-order valence-corrected chi connectivity index (χ3v) is 5.79. The summed E-state index contributed by atoms with van der Waals surface area (Å²) >= 11 is 0. The number of hydrogen-bond acceptors (Lipinski definition) is 3. The van der Waals surface area contributed by atoms with Crippen LogP contribution in [0.3, 0.4) is 0 Å². The van der Waals surface area contributed by atoms with Crippen molar-refractivity contribution < 1.29 is 18.7 Å². The van der Waals surface area contributed by atoms with Crippen molar-refractivity contribution in [2.24, 2.45) is 0 Å². The Bertz CT molecular complexity index is 1290. The van der Waals surface area contributed by atoms with Crippen LogP contribution in [0.4, 0.5) is 8.78 Å². The second-order valence-corrected chi connectivity index (χ2v) is 8.21. The Morgan fingerprint density at radius 2 is 1.73 bits per heavy atom. The van der Waals surface area contributed by atoms with Crippen molar-refractivity contribution in [3.8, 4) is 22.4 Å². The lowest BCUT2D eigenvalue weighted by Gasteiger charge is -2.13. The van der Waals surface area contributed by atoms with Gasteiger partial charge in [0.1, 0.15) is 17.4 Å². The Kier molecular flexibility index (Phi) is 6.90. The molecule has 0 aliphatic heterocycles. The number of nitrogens with zero attached hydrogens (tertiary/aromatic N) is 1. The molecule has 0 fully saturated rings. The van der Waals surface area contributed by atoms with Gasteiger partial charge < -0.3 is 5.11 Å². The van der Waals surface area contributed by atoms with Gasteiger partial charge >= 0.3 is 0 Å². The molecule has 1 aromatic heterocycles. The van der Waals surface area contributed by atoms with E-state index in [1.54, 1.807) is 30.3 Å². The number of fused-ring (bicyclic) bond motifs is 1. The van der Waals surface area contributed by atoms with Crippen molar-refractivity contribution >= 4 is 16.7 Å². The first-order chi connectivity index (χ1) is 15.9. The predicted octanol–water partition coefficient (Wildman–Crippen LogP) is 6.51. The average Bonchev–Trinajstić information content (AvgIpc) is 2.82. The number of ketones is 1. The van der Waals surface area contributed by atoms with E-state index in [1.165, 1.54) is 18.2 Å². The largest absolute Gasteiger partial charge is 0.393 e. The van der Waals surface area contributed by atoms with Gasteiger partial charge in [-0.2, -0.15) is 0 Å². The lowest BCUT2D eigenvalue weighted by Crippen LogP contribution is -2.10. The van der Waals surface area contributed by atoms with Crippen LogP contribution >= 0.6 is 0 Å². The van der Waals surface area contributed by atoms with Crippen LogP contribution in [0.15, 0.2) is 72.8 Å². The van der Waals surface area contributed by atoms with Crippen LogP contribution in [-0.2, 0) is 11.2 Å². The van der Waals surface area contributed by atoms with Gasteiger partial charge in [-0.15, -0.1) is 0 Å². The number of aromatic nitrogens is 1. The zero-order valence-corrected chi connectivity index (χ0v) is 18.4. The minimum absolute atomic E-state index is 0.0621. The molecule has 0 radical (unpaired) electrons. The molecule has 33 heavy (non-hydrogen) atoms. The molecule has 3 nitrogen and oxygen atoms in total. The van der Waals surface area contributed by atoms with Gasteiger partial charge in [0.25, 0.3) is 0 Å². The summed E-state index contributed by atoms with van der Waals surface area (Å²) in [5.74, 6) is -0.664. The van der Waals surface area contributed by atoms with Gasteiger partial charge in [-0.1, -0.05) is 31.2 Å². The molecule has 0 bridgehead atoms. The number of Topliss-reactive ketones (excluding diaryl/α,β-unsaturated/α-hetero) is 1. The van der Waals surface area contributed by atoms with Gasteiger partial charge in [-0.25, -0.2) is 13.8 Å². The highest BCUT2D eigenvalue weighted by atomic mass is 19.1. The number of carbonyl (C=O) groups excluding carboxylic acids is 1. The molecule has 0 amide bonds. The zero-order valence-electron chi connectivity index (χ0n) is 18.4. The van der Waals surface area contributed by atoms with Crippen molar-refractivity contribution in [2.75, 3.05) is 0 Å². The Labute approximate surface area is 191 Å². The number of aliphatic hydroxyl groups is 1. The van der Waals surface area contributed by atoms with E-state index in [0.29, 0.717) is 47.2 Å². The fourth-order valence-electron chi connectivity index (χ4n) is 3.90. The van der Waals surface area contributed by atoms with Crippen LogP contribution in [-0.4, -0.2) is 22.0 Å². The number of hydrogen-bond donors (Lipinski definition) is 1. The number of rotatable bonds is 8. The Morgan fingerprint density at radius 3 is 2.45 bits per heavy atom. The van der Waals surface area contributed by atoms with Crippen molar-refractivity contribution in [1.29, 1.82) is 0 Å². The van der Waals surface area contributed by atoms with Gasteiger partial charge in [0.2, 0.25) is 0 Å². The molecule has 4 aromatic rings. The summed E-state index contributed by atoms with van der Waals surface area (Å²) in [4.78, 5) is 17.1. The summed E-state index contributed by atoms with van der Waals surface area (Å²) in [6, 6.07) is 19.9. The fraction of sp³-hybridized carbons (Fsp3) is 0.214. The maximum absolute atomic E-state index is 14.7. The first kappa shape index (κ1) is 22.7. The summed E-state index contributed by atoms with van der Waals surface area (Å²) in [6.07, 6.45) is 1.23. The summed E-state index contributed by atoms with van der Waals surface area (Å²) in [6.45, 7) is 1.89. The molecule has 0 aliphatic carbocycles. The molecule has 168 valence electrons. The standard InChI is InChI=1S/C28H25F2NO2/c1-2-22(32)12-13-23(33)16-18-7-14-27-20(15-18)17-25(24-5-3-4-6-26(24)30)28(31-27)19-8-10-21(29)11-9-19/h3-11,14-15,17,22,32H,2,12-13,16H2,1H3. The number of pyridine rings is 1. The highest BCUT2D eigenvalue weighted by Gasteiger charge is 2.15. The lowest BCUT2D eigenvalue weighted by molar-refractivity contribution is -0.119. The van der Waals surface area contributed by atoms with E-state index in [9.17, 15) is 18.7 Å². The van der Waals surface area contributed by atoms with Gasteiger partial charge in [0.05, 0.1) is 17.3 Å². The minimum Gasteiger partial charge on any atom is -0.393 e. The van der Waals surface area contributed by atoms with Gasteiger partial charge in [-0.3, -0.25) is 4.79 Å². The van der Waals surface area contributed by atoms with E-state index in [0.717, 1.165) is 10.9 Å². The molecule has 1 heterocycles. The quantitative estimate of drug-likeness (QED) is 0.336. The second-order valence-electron chi connectivity index (χ2n) is 8.21. The molecule has 0 saturated heterocycles. The molecule has 1 unspecified atom stereocenters. The highest BCUT2D eigenvalue weighted by Crippen LogP contribution is 2.35. The third kappa shape index (κ3) is 5.32. The van der Waals surface area contributed by atoms with Crippen LogP contribution in [0.25, 0.3) is 33.3 Å².